The number of hydrazone groups is 1. The zero-order valence-corrected chi connectivity index (χ0v) is 19.2. The second-order valence-corrected chi connectivity index (χ2v) is 8.08. The molecule has 6 heteroatoms. The molecular formula is C25H26BrN3O2. The van der Waals surface area contributed by atoms with Crippen LogP contribution in [-0.4, -0.2) is 18.2 Å². The predicted octanol–water partition coefficient (Wildman–Crippen LogP) is 5.68. The van der Waals surface area contributed by atoms with E-state index in [0.29, 0.717) is 18.8 Å². The van der Waals surface area contributed by atoms with Crippen LogP contribution in [0, 0.1) is 6.92 Å². The fourth-order valence-electron chi connectivity index (χ4n) is 3.04. The molecule has 0 radical (unpaired) electrons. The van der Waals surface area contributed by atoms with Crippen LogP contribution >= 0.6 is 15.9 Å². The molecule has 0 fully saturated rings. The van der Waals surface area contributed by atoms with E-state index < -0.39 is 0 Å². The monoisotopic (exact) mass is 479 g/mol. The highest BCUT2D eigenvalue weighted by Gasteiger charge is 2.15. The normalized spacial score (nSPS) is 11.8. The van der Waals surface area contributed by atoms with Gasteiger partial charge in [0.05, 0.1) is 6.21 Å². The summed E-state index contributed by atoms with van der Waals surface area (Å²) in [5, 5.41) is 7.41. The molecule has 2 N–H and O–H groups in total. The molecule has 0 aliphatic heterocycles. The van der Waals surface area contributed by atoms with Gasteiger partial charge in [0.15, 0.2) is 0 Å². The van der Waals surface area contributed by atoms with Crippen molar-refractivity contribution in [1.29, 1.82) is 0 Å². The van der Waals surface area contributed by atoms with Crippen molar-refractivity contribution in [3.8, 4) is 5.75 Å². The van der Waals surface area contributed by atoms with Crippen LogP contribution in [0.25, 0.3) is 0 Å². The maximum atomic E-state index is 12.6. The Balaban J connectivity index is 1.60. The molecule has 1 amide bonds. The molecule has 5 nitrogen and oxygen atoms in total. The highest BCUT2D eigenvalue weighted by atomic mass is 79.9. The summed E-state index contributed by atoms with van der Waals surface area (Å²) in [6.45, 7) is 4.42. The van der Waals surface area contributed by atoms with Crippen LogP contribution in [0.15, 0.2) is 82.4 Å². The molecule has 3 rings (SSSR count). The first kappa shape index (κ1) is 22.6. The number of benzene rings is 3. The summed E-state index contributed by atoms with van der Waals surface area (Å²) in [5.41, 5.74) is 6.53. The maximum Gasteiger partial charge on any atom is 0.262 e. The second-order valence-electron chi connectivity index (χ2n) is 7.17. The van der Waals surface area contributed by atoms with Crippen molar-refractivity contribution in [3.63, 3.8) is 0 Å². The molecule has 3 aromatic rings. The third kappa shape index (κ3) is 6.96. The molecule has 160 valence electrons. The van der Waals surface area contributed by atoms with E-state index in [2.05, 4.69) is 31.8 Å². The van der Waals surface area contributed by atoms with Gasteiger partial charge < -0.3 is 10.1 Å². The minimum atomic E-state index is -0.373. The van der Waals surface area contributed by atoms with Crippen molar-refractivity contribution >= 4 is 33.7 Å². The molecular weight excluding hydrogens is 454 g/mol. The lowest BCUT2D eigenvalue weighted by molar-refractivity contribution is -0.121. The van der Waals surface area contributed by atoms with Crippen LogP contribution in [0.3, 0.4) is 0 Å². The standard InChI is InChI=1S/C25H26BrN3O2/c1-3-23(28-22-12-6-8-18(2)14-22)25(30)29-27-16-20-10-4-5-13-24(20)31-17-19-9-7-11-21(26)15-19/h4-16,23,28H,3,17H2,1-2H3,(H,29,30)/b27-16-/t23-/m1/s1. The van der Waals surface area contributed by atoms with Gasteiger partial charge in [0, 0.05) is 15.7 Å². The van der Waals surface area contributed by atoms with Gasteiger partial charge in [-0.1, -0.05) is 59.3 Å². The lowest BCUT2D eigenvalue weighted by atomic mass is 10.1. The SMILES string of the molecule is CC[C@@H](Nc1cccc(C)c1)C(=O)N/N=C\c1ccccc1OCc1cccc(Br)c1. The van der Waals surface area contributed by atoms with Gasteiger partial charge in [-0.15, -0.1) is 0 Å². The topological polar surface area (TPSA) is 62.7 Å². The zero-order valence-electron chi connectivity index (χ0n) is 17.6. The molecule has 0 spiro atoms. The van der Waals surface area contributed by atoms with Crippen molar-refractivity contribution in [2.45, 2.75) is 32.9 Å². The number of aryl methyl sites for hydroxylation is 1. The molecule has 31 heavy (non-hydrogen) atoms. The van der Waals surface area contributed by atoms with Crippen molar-refractivity contribution in [3.05, 3.63) is 94.0 Å². The van der Waals surface area contributed by atoms with Gasteiger partial charge in [-0.25, -0.2) is 5.43 Å². The Labute approximate surface area is 191 Å². The van der Waals surface area contributed by atoms with Gasteiger partial charge in [-0.05, 0) is 60.9 Å². The molecule has 0 bridgehead atoms. The fraction of sp³-hybridized carbons (Fsp3) is 0.200. The predicted molar refractivity (Wildman–Crippen MR) is 130 cm³/mol. The Bertz CT molecular complexity index is 1050. The number of ether oxygens (including phenoxy) is 1. The lowest BCUT2D eigenvalue weighted by Crippen LogP contribution is -2.36. The number of carbonyl (C=O) groups is 1. The highest BCUT2D eigenvalue weighted by molar-refractivity contribution is 9.10. The van der Waals surface area contributed by atoms with Crippen LogP contribution < -0.4 is 15.5 Å². The van der Waals surface area contributed by atoms with E-state index in [4.69, 9.17) is 4.74 Å². The summed E-state index contributed by atoms with van der Waals surface area (Å²) < 4.78 is 6.97. The van der Waals surface area contributed by atoms with Crippen LogP contribution in [0.4, 0.5) is 5.69 Å². The molecule has 0 heterocycles. The summed E-state index contributed by atoms with van der Waals surface area (Å²) in [7, 11) is 0. The number of nitrogens with one attached hydrogen (secondary N) is 2. The number of carbonyl (C=O) groups excluding carboxylic acids is 1. The third-order valence-electron chi connectivity index (χ3n) is 4.66. The van der Waals surface area contributed by atoms with Gasteiger partial charge >= 0.3 is 0 Å². The van der Waals surface area contributed by atoms with Gasteiger partial charge in [-0.3, -0.25) is 4.79 Å². The minimum Gasteiger partial charge on any atom is -0.488 e. The summed E-state index contributed by atoms with van der Waals surface area (Å²) in [6.07, 6.45) is 2.25. The smallest absolute Gasteiger partial charge is 0.262 e. The minimum absolute atomic E-state index is 0.187. The number of rotatable bonds is 9. The maximum absolute atomic E-state index is 12.6. The Morgan fingerprint density at radius 3 is 2.68 bits per heavy atom. The third-order valence-corrected chi connectivity index (χ3v) is 5.16. The van der Waals surface area contributed by atoms with E-state index in [1.54, 1.807) is 6.21 Å². The summed E-state index contributed by atoms with van der Waals surface area (Å²) in [5.74, 6) is 0.512. The average molecular weight is 480 g/mol. The number of hydrogen-bond donors (Lipinski definition) is 2. The molecule has 1 atom stereocenters. The van der Waals surface area contributed by atoms with E-state index in [-0.39, 0.29) is 11.9 Å². The van der Waals surface area contributed by atoms with Crippen molar-refractivity contribution < 1.29 is 9.53 Å². The molecule has 0 aliphatic rings. The summed E-state index contributed by atoms with van der Waals surface area (Å²) in [4.78, 5) is 12.6. The average Bonchev–Trinajstić information content (AvgIpc) is 2.77. The molecule has 0 unspecified atom stereocenters. The second kappa shape index (κ2) is 11.3. The lowest BCUT2D eigenvalue weighted by Gasteiger charge is -2.16. The summed E-state index contributed by atoms with van der Waals surface area (Å²) >= 11 is 3.47. The van der Waals surface area contributed by atoms with E-state index in [9.17, 15) is 4.79 Å². The van der Waals surface area contributed by atoms with Crippen molar-refractivity contribution in [2.75, 3.05) is 5.32 Å². The molecule has 0 saturated carbocycles. The van der Waals surface area contributed by atoms with Gasteiger partial charge in [0.25, 0.3) is 5.91 Å². The molecule has 3 aromatic carbocycles. The van der Waals surface area contributed by atoms with E-state index in [1.165, 1.54) is 0 Å². The Morgan fingerprint density at radius 1 is 1.10 bits per heavy atom. The molecule has 0 saturated heterocycles. The number of nitrogens with zero attached hydrogens (tertiary/aromatic N) is 1. The first-order valence-electron chi connectivity index (χ1n) is 10.2. The number of halogens is 1. The number of anilines is 1. The Hall–Kier alpha value is -3.12. The quantitative estimate of drug-likeness (QED) is 0.306. The Morgan fingerprint density at radius 2 is 1.90 bits per heavy atom. The van der Waals surface area contributed by atoms with Crippen molar-refractivity contribution in [2.24, 2.45) is 5.10 Å². The first-order valence-corrected chi connectivity index (χ1v) is 11.0. The summed E-state index contributed by atoms with van der Waals surface area (Å²) in [6, 6.07) is 23.1. The highest BCUT2D eigenvalue weighted by Crippen LogP contribution is 2.19. The van der Waals surface area contributed by atoms with Crippen LogP contribution in [0.2, 0.25) is 0 Å². The van der Waals surface area contributed by atoms with Gasteiger partial charge in [0.2, 0.25) is 0 Å². The van der Waals surface area contributed by atoms with E-state index in [0.717, 1.165) is 26.9 Å². The fourth-order valence-corrected chi connectivity index (χ4v) is 3.49. The molecule has 0 aliphatic carbocycles. The van der Waals surface area contributed by atoms with E-state index in [1.807, 2.05) is 86.6 Å². The Kier molecular flexibility index (Phi) is 8.24. The first-order chi connectivity index (χ1) is 15.0. The zero-order chi connectivity index (χ0) is 22.1. The van der Waals surface area contributed by atoms with Gasteiger partial charge in [0.1, 0.15) is 18.4 Å². The number of hydrogen-bond acceptors (Lipinski definition) is 4. The van der Waals surface area contributed by atoms with Gasteiger partial charge in [-0.2, -0.15) is 5.10 Å². The van der Waals surface area contributed by atoms with E-state index >= 15 is 0 Å². The van der Waals surface area contributed by atoms with Crippen molar-refractivity contribution in [1.82, 2.24) is 5.43 Å². The molecule has 0 aromatic heterocycles. The van der Waals surface area contributed by atoms with Crippen LogP contribution in [-0.2, 0) is 11.4 Å². The van der Waals surface area contributed by atoms with Crippen LogP contribution in [0.1, 0.15) is 30.0 Å². The number of para-hydroxylation sites is 1. The van der Waals surface area contributed by atoms with Crippen LogP contribution in [0.5, 0.6) is 5.75 Å². The number of amides is 1. The largest absolute Gasteiger partial charge is 0.488 e.